The molecule has 0 saturated carbocycles. The fraction of sp³-hybridized carbons (Fsp3) is 0.231. The molecule has 5 aromatic carbocycles. The van der Waals surface area contributed by atoms with E-state index < -0.39 is 15.8 Å². The molecule has 0 spiro atoms. The molecule has 0 aliphatic rings. The van der Waals surface area contributed by atoms with Crippen LogP contribution in [0.5, 0.6) is 0 Å². The first kappa shape index (κ1) is 40.8. The minimum absolute atomic E-state index is 0.0146. The van der Waals surface area contributed by atoms with Crippen molar-refractivity contribution >= 4 is 31.1 Å². The number of aliphatic hydroxyl groups is 1. The fourth-order valence-electron chi connectivity index (χ4n) is 4.31. The number of hydrogen-bond acceptors (Lipinski definition) is 6. The second-order valence-electron chi connectivity index (χ2n) is 12.7. The van der Waals surface area contributed by atoms with E-state index >= 15 is 0 Å². The molecule has 5 aromatic rings. The summed E-state index contributed by atoms with van der Waals surface area (Å²) < 4.78 is 24.5. The molecule has 0 radical (unpaired) electrons. The summed E-state index contributed by atoms with van der Waals surface area (Å²) in [7, 11) is -3.84. The molecule has 10 heteroatoms. The van der Waals surface area contributed by atoms with Crippen LogP contribution in [-0.2, 0) is 56.2 Å². The molecule has 5 rings (SSSR count). The van der Waals surface area contributed by atoms with E-state index in [0.717, 1.165) is 0 Å². The van der Waals surface area contributed by atoms with Crippen LogP contribution in [0.3, 0.4) is 0 Å². The van der Waals surface area contributed by atoms with Crippen molar-refractivity contribution in [1.82, 2.24) is 0 Å². The average molecular weight is 833 g/mol. The van der Waals surface area contributed by atoms with E-state index in [4.69, 9.17) is 9.66 Å². The van der Waals surface area contributed by atoms with E-state index in [1.165, 1.54) is 33.0 Å². The zero-order valence-corrected chi connectivity index (χ0v) is 33.2. The van der Waals surface area contributed by atoms with Crippen molar-refractivity contribution < 1.29 is 49.3 Å². The Hall–Kier alpha value is -2.65. The summed E-state index contributed by atoms with van der Waals surface area (Å²) in [6.45, 7) is 12.8. The molecule has 260 valence electrons. The largest absolute Gasteiger partial charge is 0.368 e. The summed E-state index contributed by atoms with van der Waals surface area (Å²) in [5.41, 5.74) is 3.31. The van der Waals surface area contributed by atoms with E-state index in [0.29, 0.717) is 0 Å². The van der Waals surface area contributed by atoms with Gasteiger partial charge in [0.25, 0.3) is 9.05 Å². The Kier molecular flexibility index (Phi) is 16.4. The van der Waals surface area contributed by atoms with Crippen LogP contribution >= 0.6 is 0 Å². The van der Waals surface area contributed by atoms with E-state index in [2.05, 4.69) is 207 Å². The molecule has 0 aliphatic heterocycles. The molecule has 0 aliphatic carbocycles. The Morgan fingerprint density at radius 3 is 1.20 bits per heavy atom. The first-order valence-corrected chi connectivity index (χ1v) is 21.2. The van der Waals surface area contributed by atoms with E-state index in [1.807, 2.05) is 0 Å². The van der Waals surface area contributed by atoms with Crippen LogP contribution in [0.25, 0.3) is 0 Å². The van der Waals surface area contributed by atoms with Gasteiger partial charge in [0.2, 0.25) is 0 Å². The van der Waals surface area contributed by atoms with Crippen LogP contribution in [0, 0.1) is 7.14 Å². The van der Waals surface area contributed by atoms with Crippen molar-refractivity contribution in [2.24, 2.45) is 0 Å². The molecular weight excluding hydrogens is 788 g/mol. The predicted molar refractivity (Wildman–Crippen MR) is 198 cm³/mol. The van der Waals surface area contributed by atoms with E-state index in [1.54, 1.807) is 0 Å². The van der Waals surface area contributed by atoms with Crippen LogP contribution in [-0.4, -0.2) is 20.7 Å². The van der Waals surface area contributed by atoms with Crippen molar-refractivity contribution in [3.63, 3.8) is 0 Å². The number of halogens is 1. The second-order valence-corrected chi connectivity index (χ2v) is 20.0. The van der Waals surface area contributed by atoms with Gasteiger partial charge < -0.3 is 5.11 Å². The van der Waals surface area contributed by atoms with E-state index in [9.17, 15) is 4.21 Å². The topological polar surface area (TPSA) is 85.2 Å². The van der Waals surface area contributed by atoms with Crippen LogP contribution in [0.15, 0.2) is 154 Å². The highest BCUT2D eigenvalue weighted by atomic mass is 127. The van der Waals surface area contributed by atoms with Gasteiger partial charge in [-0.3, -0.25) is 4.55 Å². The molecule has 1 unspecified atom stereocenters. The third-order valence-corrected chi connectivity index (χ3v) is 12.1. The molecule has 1 atom stereocenters. The van der Waals surface area contributed by atoms with E-state index in [-0.39, 0.29) is 42.9 Å². The van der Waals surface area contributed by atoms with Crippen molar-refractivity contribution in [1.29, 1.82) is 0 Å². The Bertz CT molecular complexity index is 1610. The van der Waals surface area contributed by atoms with Gasteiger partial charge in [-0.15, -0.1) is 0 Å². The Morgan fingerprint density at radius 1 is 0.612 bits per heavy atom. The Balaban J connectivity index is 0.000000215. The van der Waals surface area contributed by atoms with Gasteiger partial charge in [-0.1, -0.05) is 125 Å². The fourth-order valence-corrected chi connectivity index (χ4v) is 8.75. The zero-order valence-electron chi connectivity index (χ0n) is 28.6. The van der Waals surface area contributed by atoms with Crippen molar-refractivity contribution in [2.75, 3.05) is 6.79 Å². The highest BCUT2D eigenvalue weighted by Crippen LogP contribution is 2.30. The maximum Gasteiger partial charge on any atom is 0.357 e. The van der Waals surface area contributed by atoms with Crippen molar-refractivity contribution in [3.05, 3.63) is 158 Å². The van der Waals surface area contributed by atoms with Gasteiger partial charge in [0.05, 0.1) is 10.9 Å². The second kappa shape index (κ2) is 19.7. The van der Waals surface area contributed by atoms with Gasteiger partial charge in [-0.05, 0) is 87.7 Å². The zero-order chi connectivity index (χ0) is 35.9. The Labute approximate surface area is 310 Å². The lowest BCUT2D eigenvalue weighted by Gasteiger charge is -2.18. The first-order chi connectivity index (χ1) is 23.2. The number of rotatable bonds is 9. The summed E-state index contributed by atoms with van der Waals surface area (Å²) in [6.07, 6.45) is 0. The molecule has 2 N–H and O–H groups in total. The summed E-state index contributed by atoms with van der Waals surface area (Å²) in [6, 6.07) is 50.6. The minimum Gasteiger partial charge on any atom is -0.368 e. The molecule has 0 aromatic heterocycles. The lowest BCUT2D eigenvalue weighted by molar-refractivity contribution is -0.597. The summed E-state index contributed by atoms with van der Waals surface area (Å²) in [5, 5.41) is 11.3. The summed E-state index contributed by atoms with van der Waals surface area (Å²) >= 11 is 3.70. The highest BCUT2D eigenvalue weighted by molar-refractivity contribution is 8.26. The third kappa shape index (κ3) is 15.0. The van der Waals surface area contributed by atoms with Gasteiger partial charge in [0.1, 0.15) is 0 Å². The molecule has 0 fully saturated rings. The van der Waals surface area contributed by atoms with Gasteiger partial charge in [-0.25, -0.2) is 0 Å². The average Bonchev–Trinajstić information content (AvgIpc) is 3.06. The smallest absolute Gasteiger partial charge is 0.357 e. The Morgan fingerprint density at radius 2 is 0.939 bits per heavy atom. The first-order valence-electron chi connectivity index (χ1n) is 15.5. The maximum atomic E-state index is 9.92. The lowest BCUT2D eigenvalue weighted by atomic mass is 9.87. The van der Waals surface area contributed by atoms with Gasteiger partial charge in [-0.2, -0.15) is 9.10 Å². The molecule has 0 heterocycles. The normalized spacial score (nSPS) is 12.6. The minimum atomic E-state index is -3.82. The quantitative estimate of drug-likeness (QED) is 0.0462. The number of aliphatic hydroxyl groups excluding tert-OH is 1. The molecular formula is C39H45IO6S3+2. The maximum absolute atomic E-state index is 9.92. The van der Waals surface area contributed by atoms with Crippen LogP contribution in [0.2, 0.25) is 0 Å². The highest BCUT2D eigenvalue weighted by Gasteiger charge is 2.27. The standard InChI is InChI=1S/C20H26I.C18H15S.CH4O6S2/c1-19(2,3)15-7-11-17(12-8-15)21-18-13-9-16(10-14-18)20(4,5)6;1-4-10-16(11-5-1)19(17-12-6-2-7-13-17)18-14-8-3-9-15-18;2-1-5-6-7-9(3,4)8/h7-14H,1-6H3;1-15H;2H,1H2,(H,3,4,8)/q2*+1;. The molecule has 0 saturated heterocycles. The summed E-state index contributed by atoms with van der Waals surface area (Å²) in [4.78, 5) is 7.72. The monoisotopic (exact) mass is 832 g/mol. The molecule has 0 bridgehead atoms. The van der Waals surface area contributed by atoms with Crippen LogP contribution < -0.4 is 21.2 Å². The van der Waals surface area contributed by atoms with Crippen molar-refractivity contribution in [2.45, 2.75) is 67.1 Å². The van der Waals surface area contributed by atoms with Gasteiger partial charge in [0, 0.05) is 11.2 Å². The lowest BCUT2D eigenvalue weighted by Crippen LogP contribution is -3.61. The van der Waals surface area contributed by atoms with Crippen LogP contribution in [0.1, 0.15) is 52.7 Å². The van der Waals surface area contributed by atoms with Crippen molar-refractivity contribution in [3.8, 4) is 0 Å². The van der Waals surface area contributed by atoms with Gasteiger partial charge >= 0.3 is 21.2 Å². The van der Waals surface area contributed by atoms with Crippen LogP contribution in [0.4, 0.5) is 0 Å². The third-order valence-electron chi connectivity index (χ3n) is 6.79. The molecule has 49 heavy (non-hydrogen) atoms. The van der Waals surface area contributed by atoms with Gasteiger partial charge in [0.15, 0.2) is 28.6 Å². The molecule has 6 nitrogen and oxygen atoms in total. The number of benzene rings is 5. The predicted octanol–water partition coefficient (Wildman–Crippen LogP) is 6.14. The summed E-state index contributed by atoms with van der Waals surface area (Å²) in [5.74, 6) is 0. The number of hydrogen-bond donors (Lipinski definition) is 2. The SMILES string of the molecule is CC(C)(C)c1ccc([I+]c2ccc(C(C)(C)C)cc2)cc1.O=S(O)(=S)OOOCO.c1ccc([S+](c2ccccc2)c2ccccc2)cc1. The molecule has 0 amide bonds.